The number of methoxy groups -OCH3 is 1. The second-order valence-electron chi connectivity index (χ2n) is 4.73. The Kier molecular flexibility index (Phi) is 3.47. The fourth-order valence-electron chi connectivity index (χ4n) is 2.37. The van der Waals surface area contributed by atoms with E-state index in [2.05, 4.69) is 0 Å². The molecule has 0 saturated carbocycles. The van der Waals surface area contributed by atoms with Crippen molar-refractivity contribution in [3.05, 3.63) is 71.7 Å². The third-order valence-corrected chi connectivity index (χ3v) is 3.38. The summed E-state index contributed by atoms with van der Waals surface area (Å²) in [6, 6.07) is 14.0. The van der Waals surface area contributed by atoms with Gasteiger partial charge >= 0.3 is 5.97 Å². The molecule has 110 valence electrons. The fraction of sp³-hybridized carbons (Fsp3) is 0.0588. The molecule has 0 N–H and O–H groups in total. The van der Waals surface area contributed by atoms with Crippen LogP contribution in [0.2, 0.25) is 0 Å². The van der Waals surface area contributed by atoms with Crippen LogP contribution < -0.4 is 0 Å². The molecule has 3 rings (SSSR count). The van der Waals surface area contributed by atoms with Crippen LogP contribution in [0.15, 0.2) is 54.6 Å². The third kappa shape index (κ3) is 2.26. The van der Waals surface area contributed by atoms with Crippen molar-refractivity contribution in [1.82, 2.24) is 4.57 Å². The van der Waals surface area contributed by atoms with E-state index in [1.807, 2.05) is 0 Å². The number of aromatic nitrogens is 1. The Bertz CT molecular complexity index is 868. The first-order valence-corrected chi connectivity index (χ1v) is 6.61. The van der Waals surface area contributed by atoms with Crippen molar-refractivity contribution in [3.8, 4) is 0 Å². The molecule has 0 saturated heterocycles. The van der Waals surface area contributed by atoms with Gasteiger partial charge in [0.2, 0.25) is 0 Å². The van der Waals surface area contributed by atoms with Gasteiger partial charge in [0.25, 0.3) is 5.91 Å². The lowest BCUT2D eigenvalue weighted by Gasteiger charge is -2.08. The van der Waals surface area contributed by atoms with E-state index in [4.69, 9.17) is 4.74 Å². The first-order chi connectivity index (χ1) is 10.6. The highest BCUT2D eigenvalue weighted by Crippen LogP contribution is 2.23. The minimum absolute atomic E-state index is 0.0666. The maximum absolute atomic E-state index is 13.4. The van der Waals surface area contributed by atoms with Crippen LogP contribution in [0, 0.1) is 5.82 Å². The van der Waals surface area contributed by atoms with Crippen LogP contribution in [-0.2, 0) is 4.74 Å². The van der Waals surface area contributed by atoms with Gasteiger partial charge in [0.15, 0.2) is 0 Å². The topological polar surface area (TPSA) is 48.3 Å². The van der Waals surface area contributed by atoms with E-state index in [1.165, 1.54) is 35.9 Å². The molecule has 0 fully saturated rings. The molecule has 1 aromatic heterocycles. The zero-order chi connectivity index (χ0) is 15.7. The van der Waals surface area contributed by atoms with Crippen LogP contribution >= 0.6 is 0 Å². The number of hydrogen-bond donors (Lipinski definition) is 0. The van der Waals surface area contributed by atoms with Gasteiger partial charge in [-0.15, -0.1) is 0 Å². The summed E-state index contributed by atoms with van der Waals surface area (Å²) >= 11 is 0. The number of ether oxygens (including phenoxy) is 1. The Morgan fingerprint density at radius 1 is 1.05 bits per heavy atom. The minimum atomic E-state index is -0.652. The predicted octanol–water partition coefficient (Wildman–Crippen LogP) is 3.26. The molecule has 1 heterocycles. The van der Waals surface area contributed by atoms with Crippen molar-refractivity contribution >= 4 is 22.8 Å². The molecule has 4 nitrogen and oxygen atoms in total. The molecule has 0 aliphatic rings. The summed E-state index contributed by atoms with van der Waals surface area (Å²) in [5.74, 6) is -1.46. The second kappa shape index (κ2) is 5.44. The number of carbonyl (C=O) groups is 2. The van der Waals surface area contributed by atoms with Crippen LogP contribution in [0.4, 0.5) is 4.39 Å². The first-order valence-electron chi connectivity index (χ1n) is 6.61. The normalized spacial score (nSPS) is 10.6. The summed E-state index contributed by atoms with van der Waals surface area (Å²) in [5, 5.41) is 0.463. The first kappa shape index (κ1) is 14.0. The van der Waals surface area contributed by atoms with E-state index in [1.54, 1.807) is 30.3 Å². The molecule has 22 heavy (non-hydrogen) atoms. The number of benzene rings is 2. The van der Waals surface area contributed by atoms with Crippen molar-refractivity contribution in [1.29, 1.82) is 0 Å². The molecule has 0 amide bonds. The highest BCUT2D eigenvalue weighted by atomic mass is 19.1. The largest absolute Gasteiger partial charge is 0.464 e. The number of carbonyl (C=O) groups excluding carboxylic acids is 2. The Morgan fingerprint density at radius 2 is 1.77 bits per heavy atom. The monoisotopic (exact) mass is 297 g/mol. The van der Waals surface area contributed by atoms with Gasteiger partial charge in [-0.25, -0.2) is 9.18 Å². The number of esters is 1. The van der Waals surface area contributed by atoms with Crippen LogP contribution in [0.1, 0.15) is 20.8 Å². The van der Waals surface area contributed by atoms with Gasteiger partial charge in [-0.3, -0.25) is 9.36 Å². The molecular formula is C17H12FNO3. The van der Waals surface area contributed by atoms with Crippen molar-refractivity contribution in [2.24, 2.45) is 0 Å². The van der Waals surface area contributed by atoms with E-state index in [-0.39, 0.29) is 11.6 Å². The van der Waals surface area contributed by atoms with Gasteiger partial charge in [-0.1, -0.05) is 18.2 Å². The van der Waals surface area contributed by atoms with Crippen LogP contribution in [-0.4, -0.2) is 23.6 Å². The molecule has 2 aromatic carbocycles. The number of rotatable bonds is 2. The average Bonchev–Trinajstić information content (AvgIpc) is 2.92. The van der Waals surface area contributed by atoms with Crippen molar-refractivity contribution in [2.45, 2.75) is 0 Å². The van der Waals surface area contributed by atoms with Crippen molar-refractivity contribution in [2.75, 3.05) is 7.11 Å². The Balaban J connectivity index is 2.26. The summed E-state index contributed by atoms with van der Waals surface area (Å²) in [6.45, 7) is 0. The van der Waals surface area contributed by atoms with Gasteiger partial charge in [-0.05, 0) is 36.4 Å². The number of fused-ring (bicyclic) bond motifs is 1. The van der Waals surface area contributed by atoms with Crippen molar-refractivity contribution < 1.29 is 18.7 Å². The third-order valence-electron chi connectivity index (χ3n) is 3.38. The molecule has 0 spiro atoms. The second-order valence-corrected chi connectivity index (χ2v) is 4.73. The van der Waals surface area contributed by atoms with Crippen molar-refractivity contribution in [3.63, 3.8) is 0 Å². The number of halogens is 1. The zero-order valence-electron chi connectivity index (χ0n) is 11.7. The SMILES string of the molecule is COC(=O)c1cc2cc(F)ccc2n1C(=O)c1ccccc1. The Morgan fingerprint density at radius 3 is 2.45 bits per heavy atom. The number of nitrogens with zero attached hydrogens (tertiary/aromatic N) is 1. The highest BCUT2D eigenvalue weighted by molar-refractivity contribution is 6.08. The van der Waals surface area contributed by atoms with Gasteiger partial charge in [0.1, 0.15) is 11.5 Å². The molecule has 0 aliphatic heterocycles. The molecule has 0 atom stereocenters. The van der Waals surface area contributed by atoms with Gasteiger partial charge in [0.05, 0.1) is 12.6 Å². The Hall–Kier alpha value is -2.95. The van der Waals surface area contributed by atoms with Crippen LogP contribution in [0.3, 0.4) is 0 Å². The predicted molar refractivity (Wildman–Crippen MR) is 79.4 cm³/mol. The van der Waals surface area contributed by atoms with Gasteiger partial charge in [0, 0.05) is 10.9 Å². The molecule has 0 bridgehead atoms. The van der Waals surface area contributed by atoms with E-state index < -0.39 is 11.8 Å². The lowest BCUT2D eigenvalue weighted by molar-refractivity contribution is 0.0584. The lowest BCUT2D eigenvalue weighted by atomic mass is 10.2. The minimum Gasteiger partial charge on any atom is -0.464 e. The lowest BCUT2D eigenvalue weighted by Crippen LogP contribution is -2.18. The maximum atomic E-state index is 13.4. The van der Waals surface area contributed by atoms with E-state index in [9.17, 15) is 14.0 Å². The summed E-state index contributed by atoms with van der Waals surface area (Å²) in [7, 11) is 1.23. The maximum Gasteiger partial charge on any atom is 0.355 e. The summed E-state index contributed by atoms with van der Waals surface area (Å²) in [4.78, 5) is 24.6. The highest BCUT2D eigenvalue weighted by Gasteiger charge is 2.22. The molecule has 0 unspecified atom stereocenters. The molecule has 5 heteroatoms. The fourth-order valence-corrected chi connectivity index (χ4v) is 2.37. The number of hydrogen-bond acceptors (Lipinski definition) is 3. The molecular weight excluding hydrogens is 285 g/mol. The average molecular weight is 297 g/mol. The van der Waals surface area contributed by atoms with E-state index in [0.29, 0.717) is 16.5 Å². The zero-order valence-corrected chi connectivity index (χ0v) is 11.7. The summed E-state index contributed by atoms with van der Waals surface area (Å²) in [5.41, 5.74) is 0.946. The van der Waals surface area contributed by atoms with Gasteiger partial charge in [-0.2, -0.15) is 0 Å². The molecule has 0 radical (unpaired) electrons. The molecule has 3 aromatic rings. The summed E-state index contributed by atoms with van der Waals surface area (Å²) in [6.07, 6.45) is 0. The standard InChI is InChI=1S/C17H12FNO3/c1-22-17(21)15-10-12-9-13(18)7-8-14(12)19(15)16(20)11-5-3-2-4-6-11/h2-10H,1H3. The van der Waals surface area contributed by atoms with Gasteiger partial charge < -0.3 is 4.74 Å². The smallest absolute Gasteiger partial charge is 0.355 e. The summed E-state index contributed by atoms with van der Waals surface area (Å²) < 4.78 is 19.3. The quantitative estimate of drug-likeness (QED) is 0.682. The Labute approximate surface area is 125 Å². The van der Waals surface area contributed by atoms with Crippen LogP contribution in [0.25, 0.3) is 10.9 Å². The van der Waals surface area contributed by atoms with Crippen LogP contribution in [0.5, 0.6) is 0 Å². The van der Waals surface area contributed by atoms with E-state index in [0.717, 1.165) is 0 Å². The van der Waals surface area contributed by atoms with E-state index >= 15 is 0 Å². The molecule has 0 aliphatic carbocycles.